The molecular weight excluding hydrogens is 344 g/mol. The van der Waals surface area contributed by atoms with E-state index in [0.717, 1.165) is 23.5 Å². The predicted octanol–water partition coefficient (Wildman–Crippen LogP) is 2.98. The second-order valence-electron chi connectivity index (χ2n) is 5.09. The summed E-state index contributed by atoms with van der Waals surface area (Å²) >= 11 is 0.388. The van der Waals surface area contributed by atoms with Crippen LogP contribution in [-0.2, 0) is 0 Å². The predicted molar refractivity (Wildman–Crippen MR) is 78.0 cm³/mol. The molecule has 0 bridgehead atoms. The van der Waals surface area contributed by atoms with Gasteiger partial charge >= 0.3 is 129 Å². The molecule has 1 N–H and O–H groups in total. The molecule has 1 aromatic heterocycles. The van der Waals surface area contributed by atoms with Gasteiger partial charge < -0.3 is 0 Å². The van der Waals surface area contributed by atoms with E-state index in [4.69, 9.17) is 0 Å². The molecule has 0 spiro atoms. The minimum atomic E-state index is -4.09. The molecule has 1 fully saturated rings. The Hall–Kier alpha value is -0.972. The van der Waals surface area contributed by atoms with Gasteiger partial charge in [0.25, 0.3) is 0 Å². The number of hydrogen-bond acceptors (Lipinski definition) is 4. The first-order valence-corrected chi connectivity index (χ1v) is 9.91. The Morgan fingerprint density at radius 3 is 2.95 bits per heavy atom. The van der Waals surface area contributed by atoms with Crippen molar-refractivity contribution in [3.8, 4) is 0 Å². The number of nitrogens with zero attached hydrogens (tertiary/aromatic N) is 3. The Morgan fingerprint density at radius 1 is 1.48 bits per heavy atom. The molecule has 1 aliphatic rings. The van der Waals surface area contributed by atoms with Crippen molar-refractivity contribution in [2.45, 2.75) is 35.9 Å². The van der Waals surface area contributed by atoms with Crippen molar-refractivity contribution in [3.05, 3.63) is 12.3 Å². The van der Waals surface area contributed by atoms with E-state index in [9.17, 15) is 13.2 Å². The van der Waals surface area contributed by atoms with Crippen LogP contribution in [0.2, 0.25) is 10.4 Å². The third-order valence-electron chi connectivity index (χ3n) is 3.48. The summed E-state index contributed by atoms with van der Waals surface area (Å²) in [5, 5.41) is 10.8. The Morgan fingerprint density at radius 2 is 2.29 bits per heavy atom. The van der Waals surface area contributed by atoms with Crippen molar-refractivity contribution in [1.82, 2.24) is 10.2 Å². The van der Waals surface area contributed by atoms with E-state index in [1.165, 1.54) is 6.42 Å². The quantitative estimate of drug-likeness (QED) is 0.623. The third-order valence-corrected chi connectivity index (χ3v) is 5.89. The first kappa shape index (κ1) is 16.4. The average molecular weight is 363 g/mol. The molecule has 1 aromatic rings. The maximum atomic E-state index is 12.1. The molecule has 0 aliphatic carbocycles. The summed E-state index contributed by atoms with van der Waals surface area (Å²) in [6.45, 7) is 2.32. The van der Waals surface area contributed by atoms with Crippen molar-refractivity contribution in [1.29, 1.82) is 0 Å². The number of halogens is 3. The van der Waals surface area contributed by atoms with E-state index in [-0.39, 0.29) is 13.0 Å². The van der Waals surface area contributed by atoms with E-state index in [1.54, 1.807) is 6.20 Å². The van der Waals surface area contributed by atoms with Gasteiger partial charge in [-0.1, -0.05) is 0 Å². The fraction of sp³-hybridized carbons (Fsp3) is 0.692. The fourth-order valence-electron chi connectivity index (χ4n) is 2.31. The van der Waals surface area contributed by atoms with Crippen LogP contribution in [0.25, 0.3) is 0 Å². The third kappa shape index (κ3) is 5.38. The van der Waals surface area contributed by atoms with Crippen molar-refractivity contribution in [3.63, 3.8) is 0 Å². The summed E-state index contributed by atoms with van der Waals surface area (Å²) in [5.74, 6) is 0.544. The second-order valence-corrected chi connectivity index (χ2v) is 7.71. The van der Waals surface area contributed by atoms with Crippen LogP contribution in [0.4, 0.5) is 24.7 Å². The van der Waals surface area contributed by atoms with E-state index >= 15 is 0 Å². The first-order chi connectivity index (χ1) is 9.98. The number of anilines is 2. The van der Waals surface area contributed by atoms with Gasteiger partial charge in [0.2, 0.25) is 0 Å². The van der Waals surface area contributed by atoms with Crippen LogP contribution in [0.3, 0.4) is 0 Å². The van der Waals surface area contributed by atoms with Gasteiger partial charge in [-0.2, -0.15) is 0 Å². The molecule has 2 rings (SSSR count). The number of aromatic nitrogens is 2. The fourth-order valence-corrected chi connectivity index (χ4v) is 3.85. The van der Waals surface area contributed by atoms with E-state index < -0.39 is 12.6 Å². The molecule has 8 heteroatoms. The summed E-state index contributed by atoms with van der Waals surface area (Å²) in [6, 6.07) is 1.87. The van der Waals surface area contributed by atoms with Gasteiger partial charge in [0.15, 0.2) is 0 Å². The average Bonchev–Trinajstić information content (AvgIpc) is 2.92. The van der Waals surface area contributed by atoms with Gasteiger partial charge in [-0.3, -0.25) is 0 Å². The molecule has 0 saturated carbocycles. The van der Waals surface area contributed by atoms with E-state index in [2.05, 4.69) is 26.1 Å². The summed E-state index contributed by atoms with van der Waals surface area (Å²) in [5.41, 5.74) is 3.28. The number of alkyl halides is 3. The molecule has 0 amide bonds. The normalized spacial score (nSPS) is 19.6. The van der Waals surface area contributed by atoms with Gasteiger partial charge in [-0.05, 0) is 0 Å². The second kappa shape index (κ2) is 7.34. The molecule has 1 unspecified atom stereocenters. The van der Waals surface area contributed by atoms with Crippen molar-refractivity contribution >= 4 is 27.3 Å². The number of rotatable bonds is 6. The Kier molecular flexibility index (Phi) is 5.73. The molecule has 1 aliphatic heterocycles. The molecule has 0 aromatic carbocycles. The van der Waals surface area contributed by atoms with Crippen LogP contribution < -0.4 is 10.2 Å². The van der Waals surface area contributed by atoms with E-state index in [0.29, 0.717) is 21.6 Å². The van der Waals surface area contributed by atoms with Gasteiger partial charge in [0, 0.05) is 0 Å². The molecule has 1 atom stereocenters. The summed E-state index contributed by atoms with van der Waals surface area (Å²) < 4.78 is 37.0. The molecule has 21 heavy (non-hydrogen) atoms. The molecule has 1 saturated heterocycles. The van der Waals surface area contributed by atoms with Crippen LogP contribution in [0.5, 0.6) is 0 Å². The Labute approximate surface area is 129 Å². The zero-order valence-corrected chi connectivity index (χ0v) is 13.8. The topological polar surface area (TPSA) is 41.1 Å². The Balaban J connectivity index is 1.84. The molecule has 1 radical (unpaired) electrons. The van der Waals surface area contributed by atoms with Crippen LogP contribution in [0, 0.1) is 0 Å². The molecular formula is C13H19AsF3N4. The molecule has 2 heterocycles. The van der Waals surface area contributed by atoms with Crippen LogP contribution in [0.1, 0.15) is 19.3 Å². The maximum absolute atomic E-state index is 12.1. The van der Waals surface area contributed by atoms with Gasteiger partial charge in [0.1, 0.15) is 0 Å². The molecule has 4 nitrogen and oxygen atoms in total. The monoisotopic (exact) mass is 363 g/mol. The first-order valence-electron chi connectivity index (χ1n) is 6.95. The van der Waals surface area contributed by atoms with E-state index in [1.807, 2.05) is 6.07 Å². The van der Waals surface area contributed by atoms with Crippen molar-refractivity contribution in [2.75, 3.05) is 29.9 Å². The van der Waals surface area contributed by atoms with Gasteiger partial charge in [-0.25, -0.2) is 0 Å². The summed E-state index contributed by atoms with van der Waals surface area (Å²) in [4.78, 5) is 2.28. The zero-order chi connectivity index (χ0) is 15.3. The van der Waals surface area contributed by atoms with Crippen molar-refractivity contribution in [2.24, 2.45) is 0 Å². The number of nitrogens with one attached hydrogen (secondary N) is 1. The van der Waals surface area contributed by atoms with Crippen LogP contribution >= 0.6 is 0 Å². The van der Waals surface area contributed by atoms with Crippen LogP contribution in [-0.4, -0.2) is 51.8 Å². The molecule has 117 valence electrons. The van der Waals surface area contributed by atoms with Crippen LogP contribution in [0.15, 0.2) is 12.3 Å². The number of hydrogen-bond donors (Lipinski definition) is 1. The van der Waals surface area contributed by atoms with Gasteiger partial charge in [-0.15, -0.1) is 0 Å². The SMILES string of the molecule is C[As]C1CCN(c2cnnc(NCCCC(F)(F)F)c2)C1. The minimum absolute atomic E-state index is 0.0425. The summed E-state index contributed by atoms with van der Waals surface area (Å²) in [6.07, 6.45) is -1.90. The standard InChI is InChI=1S/C13H19AsF3N4/c1-14-10-3-6-21(9-10)11-7-12(20-19-8-11)18-5-2-4-13(15,16)17/h7-8,10H,2-6,9H2,1H3,(H,18,20). The van der Waals surface area contributed by atoms with Crippen molar-refractivity contribution < 1.29 is 13.2 Å². The van der Waals surface area contributed by atoms with Gasteiger partial charge in [0.05, 0.1) is 0 Å². The zero-order valence-electron chi connectivity index (χ0n) is 11.9. The Bertz CT molecular complexity index is 455. The summed E-state index contributed by atoms with van der Waals surface area (Å²) in [7, 11) is 0.